The minimum Gasteiger partial charge on any atom is -0.469 e. The Morgan fingerprint density at radius 1 is 1.27 bits per heavy atom. The summed E-state index contributed by atoms with van der Waals surface area (Å²) >= 11 is 3.56. The third kappa shape index (κ3) is 6.37. The van der Waals surface area contributed by atoms with Gasteiger partial charge >= 0.3 is 5.97 Å². The lowest BCUT2D eigenvalue weighted by Crippen LogP contribution is -2.35. The van der Waals surface area contributed by atoms with Gasteiger partial charge in [-0.3, -0.25) is 4.79 Å². The van der Waals surface area contributed by atoms with Gasteiger partial charge in [-0.2, -0.15) is 0 Å². The molecule has 0 aromatic heterocycles. The van der Waals surface area contributed by atoms with Crippen LogP contribution in [0.5, 0.6) is 0 Å². The van der Waals surface area contributed by atoms with Crippen LogP contribution in [0, 0.1) is 11.8 Å². The average molecular weight is 483 g/mol. The molecule has 2 aliphatic rings. The largest absolute Gasteiger partial charge is 0.469 e. The third-order valence-electron chi connectivity index (χ3n) is 5.82. The van der Waals surface area contributed by atoms with Crippen LogP contribution in [-0.4, -0.2) is 49.9 Å². The van der Waals surface area contributed by atoms with Gasteiger partial charge in [0.05, 0.1) is 39.1 Å². The van der Waals surface area contributed by atoms with Gasteiger partial charge in [-0.1, -0.05) is 46.3 Å². The molecule has 30 heavy (non-hydrogen) atoms. The maximum atomic E-state index is 11.2. The maximum Gasteiger partial charge on any atom is 0.305 e. The molecular weight excluding hydrogens is 452 g/mol. The number of allylic oxidation sites excluding steroid dienone is 2. The number of hydrogen-bond acceptors (Lipinski definition) is 6. The number of carbonyl (C=O) groups is 1. The first-order valence-electron chi connectivity index (χ1n) is 10.6. The number of ether oxygens (including phenoxy) is 4. The van der Waals surface area contributed by atoms with Gasteiger partial charge in [0.25, 0.3) is 0 Å². The van der Waals surface area contributed by atoms with E-state index in [4.69, 9.17) is 14.2 Å². The molecule has 1 aliphatic carbocycles. The summed E-state index contributed by atoms with van der Waals surface area (Å²) in [6.45, 7) is 1.62. The average Bonchev–Trinajstić information content (AvgIpc) is 3.37. The van der Waals surface area contributed by atoms with Gasteiger partial charge in [0.15, 0.2) is 6.29 Å². The van der Waals surface area contributed by atoms with Crippen LogP contribution >= 0.6 is 15.9 Å². The Labute approximate surface area is 186 Å². The molecule has 1 aliphatic heterocycles. The summed E-state index contributed by atoms with van der Waals surface area (Å²) in [4.78, 5) is 11.2. The third-order valence-corrected chi connectivity index (χ3v) is 6.59. The zero-order chi connectivity index (χ0) is 21.3. The number of unbranched alkanes of at least 4 members (excludes halogenated alkanes) is 1. The fourth-order valence-corrected chi connectivity index (χ4v) is 4.62. The fourth-order valence-electron chi connectivity index (χ4n) is 4.22. The molecule has 0 bridgehead atoms. The smallest absolute Gasteiger partial charge is 0.305 e. The topological polar surface area (TPSA) is 74.2 Å². The second kappa shape index (κ2) is 12.0. The molecule has 1 heterocycles. The highest BCUT2D eigenvalue weighted by molar-refractivity contribution is 9.10. The first-order valence-corrected chi connectivity index (χ1v) is 11.4. The van der Waals surface area contributed by atoms with Crippen LogP contribution in [0.15, 0.2) is 40.9 Å². The van der Waals surface area contributed by atoms with Crippen molar-refractivity contribution in [3.8, 4) is 0 Å². The molecule has 4 unspecified atom stereocenters. The molecule has 6 nitrogen and oxygen atoms in total. The van der Waals surface area contributed by atoms with Crippen molar-refractivity contribution in [3.05, 3.63) is 46.5 Å². The van der Waals surface area contributed by atoms with Crippen LogP contribution in [0.2, 0.25) is 0 Å². The first kappa shape index (κ1) is 23.4. The van der Waals surface area contributed by atoms with Gasteiger partial charge in [-0.25, -0.2) is 0 Å². The van der Waals surface area contributed by atoms with Crippen LogP contribution in [0.4, 0.5) is 0 Å². The highest BCUT2D eigenvalue weighted by Crippen LogP contribution is 2.42. The fraction of sp³-hybridized carbons (Fsp3) is 0.609. The number of rotatable bonds is 10. The number of esters is 1. The summed E-state index contributed by atoms with van der Waals surface area (Å²) in [5, 5.41) is 10.8. The molecular formula is C23H31BrO6. The van der Waals surface area contributed by atoms with Crippen LogP contribution in [-0.2, 0) is 30.3 Å². The van der Waals surface area contributed by atoms with Crippen molar-refractivity contribution in [1.29, 1.82) is 0 Å². The molecule has 1 saturated carbocycles. The van der Waals surface area contributed by atoms with Gasteiger partial charge in [0, 0.05) is 23.2 Å². The van der Waals surface area contributed by atoms with Crippen LogP contribution in [0.1, 0.15) is 37.7 Å². The standard InChI is InChI=1S/C23H31BrO6/c1-27-21(26)11-5-3-2-4-9-17-19(25)14-20(22(17)23-28-12-13-29-23)30-15-16-8-6-7-10-18(16)24/h2,4,6-8,10,17,19-20,22-23,25H,3,5,9,11-15H2,1H3. The molecule has 1 aromatic rings. The molecule has 0 amide bonds. The lowest BCUT2D eigenvalue weighted by atomic mass is 9.89. The van der Waals surface area contributed by atoms with Crippen molar-refractivity contribution in [2.45, 2.75) is 57.2 Å². The molecule has 0 spiro atoms. The number of benzene rings is 1. The predicted molar refractivity (Wildman–Crippen MR) is 116 cm³/mol. The first-order chi connectivity index (χ1) is 14.6. The van der Waals surface area contributed by atoms with E-state index >= 15 is 0 Å². The monoisotopic (exact) mass is 482 g/mol. The van der Waals surface area contributed by atoms with Crippen molar-refractivity contribution in [1.82, 2.24) is 0 Å². The van der Waals surface area contributed by atoms with E-state index in [2.05, 4.69) is 32.8 Å². The van der Waals surface area contributed by atoms with Crippen LogP contribution < -0.4 is 0 Å². The number of halogens is 1. The van der Waals surface area contributed by atoms with E-state index in [9.17, 15) is 9.90 Å². The molecule has 1 N–H and O–H groups in total. The number of aliphatic hydroxyl groups excluding tert-OH is 1. The molecule has 166 valence electrons. The van der Waals surface area contributed by atoms with E-state index < -0.39 is 6.10 Å². The zero-order valence-electron chi connectivity index (χ0n) is 17.4. The molecule has 4 atom stereocenters. The Morgan fingerprint density at radius 3 is 2.77 bits per heavy atom. The van der Waals surface area contributed by atoms with Gasteiger partial charge in [-0.05, 0) is 36.8 Å². The van der Waals surface area contributed by atoms with Gasteiger partial charge in [0.2, 0.25) is 0 Å². The van der Waals surface area contributed by atoms with E-state index in [1.54, 1.807) is 0 Å². The summed E-state index contributed by atoms with van der Waals surface area (Å²) < 4.78 is 23.5. The highest BCUT2D eigenvalue weighted by Gasteiger charge is 2.48. The summed E-state index contributed by atoms with van der Waals surface area (Å²) in [6, 6.07) is 7.99. The van der Waals surface area contributed by atoms with E-state index in [0.29, 0.717) is 32.7 Å². The van der Waals surface area contributed by atoms with E-state index in [0.717, 1.165) is 29.3 Å². The molecule has 3 rings (SSSR count). The van der Waals surface area contributed by atoms with Crippen molar-refractivity contribution >= 4 is 21.9 Å². The lowest BCUT2D eigenvalue weighted by molar-refractivity contribution is -0.140. The number of carbonyl (C=O) groups excluding carboxylic acids is 1. The van der Waals surface area contributed by atoms with E-state index in [1.807, 2.05) is 24.3 Å². The second-order valence-corrected chi connectivity index (χ2v) is 8.62. The Kier molecular flexibility index (Phi) is 9.33. The minimum absolute atomic E-state index is 0.00849. The van der Waals surface area contributed by atoms with Crippen molar-refractivity contribution in [2.24, 2.45) is 11.8 Å². The van der Waals surface area contributed by atoms with Gasteiger partial charge in [0.1, 0.15) is 0 Å². The van der Waals surface area contributed by atoms with Crippen molar-refractivity contribution in [3.63, 3.8) is 0 Å². The van der Waals surface area contributed by atoms with Crippen LogP contribution in [0.3, 0.4) is 0 Å². The molecule has 1 saturated heterocycles. The number of aliphatic hydroxyl groups is 1. The minimum atomic E-state index is -0.466. The Bertz CT molecular complexity index is 703. The summed E-state index contributed by atoms with van der Waals surface area (Å²) in [5.41, 5.74) is 1.08. The van der Waals surface area contributed by atoms with Gasteiger partial charge < -0.3 is 24.1 Å². The summed E-state index contributed by atoms with van der Waals surface area (Å²) in [6.07, 6.45) is 6.49. The quantitative estimate of drug-likeness (QED) is 0.308. The maximum absolute atomic E-state index is 11.2. The van der Waals surface area contributed by atoms with Crippen molar-refractivity contribution in [2.75, 3.05) is 20.3 Å². The molecule has 2 fully saturated rings. The van der Waals surface area contributed by atoms with Crippen molar-refractivity contribution < 1.29 is 28.8 Å². The predicted octanol–water partition coefficient (Wildman–Crippen LogP) is 3.99. The SMILES string of the molecule is COC(=O)CCCC=CCC1C(O)CC(OCc2ccccc2Br)C1C1OCCO1. The lowest BCUT2D eigenvalue weighted by Gasteiger charge is -2.29. The Hall–Kier alpha value is -1.25. The van der Waals surface area contributed by atoms with E-state index in [1.165, 1.54) is 7.11 Å². The Morgan fingerprint density at radius 2 is 2.03 bits per heavy atom. The Balaban J connectivity index is 1.58. The summed E-state index contributed by atoms with van der Waals surface area (Å²) in [7, 11) is 1.40. The van der Waals surface area contributed by atoms with Gasteiger partial charge in [-0.15, -0.1) is 0 Å². The zero-order valence-corrected chi connectivity index (χ0v) is 19.0. The highest BCUT2D eigenvalue weighted by atomic mass is 79.9. The number of hydrogen-bond donors (Lipinski definition) is 1. The second-order valence-electron chi connectivity index (χ2n) is 7.77. The molecule has 1 aromatic carbocycles. The number of methoxy groups -OCH3 is 1. The normalized spacial score (nSPS) is 27.2. The molecule has 7 heteroatoms. The summed E-state index contributed by atoms with van der Waals surface area (Å²) in [5.74, 6) is -0.200. The molecule has 0 radical (unpaired) electrons. The van der Waals surface area contributed by atoms with Crippen LogP contribution in [0.25, 0.3) is 0 Å². The van der Waals surface area contributed by atoms with E-state index in [-0.39, 0.29) is 30.2 Å².